The van der Waals surface area contributed by atoms with E-state index in [1.165, 1.54) is 0 Å². The van der Waals surface area contributed by atoms with E-state index < -0.39 is 5.60 Å². The largest absolute Gasteiger partial charge is 0.444 e. The van der Waals surface area contributed by atoms with Crippen molar-refractivity contribution in [2.24, 2.45) is 5.41 Å². The minimum atomic E-state index is -0.477. The molecule has 2 aliphatic rings. The molecule has 0 aromatic carbocycles. The number of rotatable bonds is 1. The van der Waals surface area contributed by atoms with Gasteiger partial charge in [-0.1, -0.05) is 6.08 Å². The standard InChI is InChI=1S/C15H25NO4/c1-5-12-8-15(9-18-11-19-10-15)6-7-16(12)13(17)20-14(2,3)4/h5,12H,1,6-11H2,2-4H3. The van der Waals surface area contributed by atoms with Crippen LogP contribution in [0.4, 0.5) is 4.79 Å². The Morgan fingerprint density at radius 2 is 2.05 bits per heavy atom. The summed E-state index contributed by atoms with van der Waals surface area (Å²) in [7, 11) is 0. The maximum absolute atomic E-state index is 12.2. The highest BCUT2D eigenvalue weighted by Gasteiger charge is 2.43. The maximum atomic E-state index is 12.2. The molecule has 2 heterocycles. The smallest absolute Gasteiger partial charge is 0.410 e. The summed E-state index contributed by atoms with van der Waals surface area (Å²) in [5, 5.41) is 0. The first kappa shape index (κ1) is 15.3. The molecule has 20 heavy (non-hydrogen) atoms. The SMILES string of the molecule is C=CC1CC2(CCN1C(=O)OC(C)(C)C)COCOC2. The summed E-state index contributed by atoms with van der Waals surface area (Å²) in [5.41, 5.74) is -0.468. The van der Waals surface area contributed by atoms with E-state index in [9.17, 15) is 4.79 Å². The van der Waals surface area contributed by atoms with Crippen LogP contribution in [0, 0.1) is 5.41 Å². The molecule has 0 aromatic rings. The third-order valence-corrected chi connectivity index (χ3v) is 3.81. The van der Waals surface area contributed by atoms with Gasteiger partial charge in [-0.3, -0.25) is 0 Å². The number of piperidine rings is 1. The van der Waals surface area contributed by atoms with Crippen molar-refractivity contribution < 1.29 is 19.0 Å². The number of hydrogen-bond acceptors (Lipinski definition) is 4. The van der Waals surface area contributed by atoms with Gasteiger partial charge in [0.25, 0.3) is 0 Å². The molecular formula is C15H25NO4. The van der Waals surface area contributed by atoms with Crippen LogP contribution in [0.1, 0.15) is 33.6 Å². The average molecular weight is 283 g/mol. The molecule has 0 N–H and O–H groups in total. The van der Waals surface area contributed by atoms with Gasteiger partial charge in [0, 0.05) is 12.0 Å². The van der Waals surface area contributed by atoms with Gasteiger partial charge in [-0.2, -0.15) is 0 Å². The van der Waals surface area contributed by atoms with Gasteiger partial charge in [-0.05, 0) is 33.6 Å². The highest BCUT2D eigenvalue weighted by molar-refractivity contribution is 5.69. The summed E-state index contributed by atoms with van der Waals surface area (Å²) in [6, 6.07) is -0.0242. The summed E-state index contributed by atoms with van der Waals surface area (Å²) in [6.45, 7) is 11.9. The monoisotopic (exact) mass is 283 g/mol. The molecule has 2 saturated heterocycles. The molecule has 0 radical (unpaired) electrons. The maximum Gasteiger partial charge on any atom is 0.410 e. The first-order valence-corrected chi connectivity index (χ1v) is 7.13. The lowest BCUT2D eigenvalue weighted by molar-refractivity contribution is -0.180. The van der Waals surface area contributed by atoms with Gasteiger partial charge in [0.2, 0.25) is 0 Å². The molecular weight excluding hydrogens is 258 g/mol. The fraction of sp³-hybridized carbons (Fsp3) is 0.800. The quantitative estimate of drug-likeness (QED) is 0.694. The molecule has 114 valence electrons. The van der Waals surface area contributed by atoms with Gasteiger partial charge in [0.05, 0.1) is 19.3 Å². The van der Waals surface area contributed by atoms with Crippen LogP contribution in [0.25, 0.3) is 0 Å². The Hall–Kier alpha value is -1.07. The third-order valence-electron chi connectivity index (χ3n) is 3.81. The number of nitrogens with zero attached hydrogens (tertiary/aromatic N) is 1. The molecule has 2 fully saturated rings. The van der Waals surface area contributed by atoms with Crippen LogP contribution in [-0.4, -0.2) is 49.2 Å². The summed E-state index contributed by atoms with van der Waals surface area (Å²) in [5.74, 6) is 0. The molecule has 0 aromatic heterocycles. The van der Waals surface area contributed by atoms with Crippen molar-refractivity contribution in [3.8, 4) is 0 Å². The van der Waals surface area contributed by atoms with E-state index in [4.69, 9.17) is 14.2 Å². The number of carbonyl (C=O) groups excluding carboxylic acids is 1. The minimum Gasteiger partial charge on any atom is -0.444 e. The molecule has 5 heteroatoms. The summed E-state index contributed by atoms with van der Waals surface area (Å²) in [6.07, 6.45) is 3.24. The molecule has 0 saturated carbocycles. The average Bonchev–Trinajstić information content (AvgIpc) is 2.37. The second-order valence-corrected chi connectivity index (χ2v) is 6.75. The number of hydrogen-bond donors (Lipinski definition) is 0. The van der Waals surface area contributed by atoms with Crippen molar-refractivity contribution in [3.63, 3.8) is 0 Å². The molecule has 2 aliphatic heterocycles. The van der Waals surface area contributed by atoms with Crippen molar-refractivity contribution in [3.05, 3.63) is 12.7 Å². The molecule has 0 aliphatic carbocycles. The number of amides is 1. The number of carbonyl (C=O) groups is 1. The first-order valence-electron chi connectivity index (χ1n) is 7.13. The Morgan fingerprint density at radius 1 is 1.40 bits per heavy atom. The van der Waals surface area contributed by atoms with Gasteiger partial charge in [0.1, 0.15) is 12.4 Å². The van der Waals surface area contributed by atoms with Gasteiger partial charge in [0.15, 0.2) is 0 Å². The highest BCUT2D eigenvalue weighted by atomic mass is 16.7. The van der Waals surface area contributed by atoms with Crippen molar-refractivity contribution in [2.45, 2.75) is 45.3 Å². The fourth-order valence-electron chi connectivity index (χ4n) is 2.82. The van der Waals surface area contributed by atoms with Gasteiger partial charge < -0.3 is 19.1 Å². The Labute approximate surface area is 120 Å². The van der Waals surface area contributed by atoms with E-state index in [0.717, 1.165) is 12.8 Å². The van der Waals surface area contributed by atoms with Crippen molar-refractivity contribution in [1.82, 2.24) is 4.90 Å². The second-order valence-electron chi connectivity index (χ2n) is 6.75. The summed E-state index contributed by atoms with van der Waals surface area (Å²) < 4.78 is 16.3. The van der Waals surface area contributed by atoms with Crippen molar-refractivity contribution in [1.29, 1.82) is 0 Å². The number of ether oxygens (including phenoxy) is 3. The van der Waals surface area contributed by atoms with Crippen LogP contribution in [0.3, 0.4) is 0 Å². The molecule has 1 unspecified atom stereocenters. The van der Waals surface area contributed by atoms with Crippen molar-refractivity contribution >= 4 is 6.09 Å². The van der Waals surface area contributed by atoms with Crippen LogP contribution >= 0.6 is 0 Å². The lowest BCUT2D eigenvalue weighted by Crippen LogP contribution is -2.54. The summed E-state index contributed by atoms with van der Waals surface area (Å²) in [4.78, 5) is 14.0. The Bertz CT molecular complexity index is 369. The highest BCUT2D eigenvalue weighted by Crippen LogP contribution is 2.38. The minimum absolute atomic E-state index is 0.00954. The van der Waals surface area contributed by atoms with E-state index in [1.54, 1.807) is 4.90 Å². The van der Waals surface area contributed by atoms with Crippen LogP contribution in [0.2, 0.25) is 0 Å². The van der Waals surface area contributed by atoms with Gasteiger partial charge in [-0.15, -0.1) is 6.58 Å². The lowest BCUT2D eigenvalue weighted by atomic mass is 9.76. The normalized spacial score (nSPS) is 26.4. The topological polar surface area (TPSA) is 48.0 Å². The Balaban J connectivity index is 2.03. The zero-order chi connectivity index (χ0) is 14.8. The zero-order valence-electron chi connectivity index (χ0n) is 12.7. The lowest BCUT2D eigenvalue weighted by Gasteiger charge is -2.46. The van der Waals surface area contributed by atoms with E-state index in [2.05, 4.69) is 6.58 Å². The molecule has 5 nitrogen and oxygen atoms in total. The van der Waals surface area contributed by atoms with E-state index in [-0.39, 0.29) is 17.6 Å². The summed E-state index contributed by atoms with van der Waals surface area (Å²) >= 11 is 0. The zero-order valence-corrected chi connectivity index (χ0v) is 12.7. The van der Waals surface area contributed by atoms with Crippen LogP contribution in [0.5, 0.6) is 0 Å². The number of likely N-dealkylation sites (tertiary alicyclic amines) is 1. The Kier molecular flexibility index (Phi) is 4.39. The Morgan fingerprint density at radius 3 is 2.60 bits per heavy atom. The van der Waals surface area contributed by atoms with Crippen LogP contribution in [-0.2, 0) is 14.2 Å². The molecule has 1 atom stereocenters. The predicted molar refractivity (Wildman–Crippen MR) is 75.4 cm³/mol. The van der Waals surface area contributed by atoms with Gasteiger partial charge in [-0.25, -0.2) is 4.79 Å². The third kappa shape index (κ3) is 3.52. The van der Waals surface area contributed by atoms with Crippen LogP contribution in [0.15, 0.2) is 12.7 Å². The molecule has 1 spiro atoms. The van der Waals surface area contributed by atoms with E-state index in [0.29, 0.717) is 26.6 Å². The van der Waals surface area contributed by atoms with Crippen LogP contribution < -0.4 is 0 Å². The van der Waals surface area contributed by atoms with E-state index in [1.807, 2.05) is 26.8 Å². The predicted octanol–water partition coefficient (Wildman–Crippen LogP) is 2.56. The first-order chi connectivity index (χ1) is 9.35. The molecule has 2 rings (SSSR count). The fourth-order valence-corrected chi connectivity index (χ4v) is 2.82. The molecule has 1 amide bonds. The van der Waals surface area contributed by atoms with E-state index >= 15 is 0 Å². The second kappa shape index (κ2) is 5.74. The van der Waals surface area contributed by atoms with Gasteiger partial charge >= 0.3 is 6.09 Å². The molecule has 0 bridgehead atoms. The van der Waals surface area contributed by atoms with Crippen molar-refractivity contribution in [2.75, 3.05) is 26.6 Å².